The molecule has 1 aliphatic heterocycles. The average Bonchev–Trinajstić information content (AvgIpc) is 2.71. The minimum atomic E-state index is -4.81. The van der Waals surface area contributed by atoms with Gasteiger partial charge >= 0.3 is 16.2 Å². The predicted octanol–water partition coefficient (Wildman–Crippen LogP) is 1.44. The molecule has 1 N–H and O–H groups in total. The van der Waals surface area contributed by atoms with Gasteiger partial charge in [0.25, 0.3) is 0 Å². The van der Waals surface area contributed by atoms with E-state index < -0.39 is 33.8 Å². The van der Waals surface area contributed by atoms with E-state index in [1.54, 1.807) is 0 Å². The molecule has 0 aromatic heterocycles. The van der Waals surface area contributed by atoms with Crippen LogP contribution in [0.5, 0.6) is 0 Å². The number of nitrogens with zero attached hydrogens (tertiary/aromatic N) is 1. The lowest BCUT2D eigenvalue weighted by atomic mass is 10.2. The highest BCUT2D eigenvalue weighted by atomic mass is 35.5. The summed E-state index contributed by atoms with van der Waals surface area (Å²) in [4.78, 5) is 23.5. The summed E-state index contributed by atoms with van der Waals surface area (Å²) in [6, 6.07) is 3.66. The highest BCUT2D eigenvalue weighted by molar-refractivity contribution is 7.87. The Labute approximate surface area is 119 Å². The topological polar surface area (TPSA) is 91.8 Å². The van der Waals surface area contributed by atoms with E-state index in [1.807, 2.05) is 0 Å². The van der Waals surface area contributed by atoms with Crippen LogP contribution in [0.4, 0.5) is 9.57 Å². The highest BCUT2D eigenvalue weighted by Crippen LogP contribution is 2.32. The Hall–Kier alpha value is -1.67. The number of amides is 1. The van der Waals surface area contributed by atoms with Crippen LogP contribution in [-0.4, -0.2) is 37.2 Å². The van der Waals surface area contributed by atoms with Gasteiger partial charge in [0.05, 0.1) is 16.3 Å². The van der Waals surface area contributed by atoms with Gasteiger partial charge in [0, 0.05) is 13.0 Å². The highest BCUT2D eigenvalue weighted by Gasteiger charge is 2.39. The second-order valence-corrected chi connectivity index (χ2v) is 6.30. The van der Waals surface area contributed by atoms with Gasteiger partial charge < -0.3 is 10.0 Å². The van der Waals surface area contributed by atoms with E-state index in [1.165, 1.54) is 12.1 Å². The normalized spacial score (nSPS) is 19.4. The lowest BCUT2D eigenvalue weighted by molar-refractivity contribution is -0.117. The van der Waals surface area contributed by atoms with Crippen molar-refractivity contribution in [1.29, 1.82) is 0 Å². The third-order valence-corrected chi connectivity index (χ3v) is 4.39. The molecular formula is C11H9ClFNO5S. The zero-order valence-electron chi connectivity index (χ0n) is 9.92. The Morgan fingerprint density at radius 3 is 2.55 bits per heavy atom. The molecule has 1 aromatic carbocycles. The van der Waals surface area contributed by atoms with Crippen LogP contribution in [0.3, 0.4) is 0 Å². The molecule has 1 aliphatic rings. The molecule has 0 bridgehead atoms. The van der Waals surface area contributed by atoms with Crippen molar-refractivity contribution < 1.29 is 27.0 Å². The molecule has 1 fully saturated rings. The minimum Gasteiger partial charge on any atom is -0.478 e. The van der Waals surface area contributed by atoms with Crippen molar-refractivity contribution in [2.45, 2.75) is 11.7 Å². The number of anilines is 1. The Bertz CT molecular complexity index is 690. The molecule has 1 saturated heterocycles. The SMILES string of the molecule is O=C(O)c1ccc(N2CC(S(=O)(=O)F)CC2=O)c(Cl)c1. The van der Waals surface area contributed by atoms with Crippen molar-refractivity contribution in [1.82, 2.24) is 0 Å². The molecule has 9 heteroatoms. The molecule has 108 valence electrons. The summed E-state index contributed by atoms with van der Waals surface area (Å²) in [5.74, 6) is -1.77. The van der Waals surface area contributed by atoms with Crippen molar-refractivity contribution >= 4 is 39.4 Å². The number of carboxylic acids is 1. The van der Waals surface area contributed by atoms with Crippen LogP contribution < -0.4 is 4.90 Å². The fourth-order valence-electron chi connectivity index (χ4n) is 1.96. The summed E-state index contributed by atoms with van der Waals surface area (Å²) in [5, 5.41) is 7.35. The summed E-state index contributed by atoms with van der Waals surface area (Å²) in [5.41, 5.74) is 0.0906. The molecule has 1 heterocycles. The van der Waals surface area contributed by atoms with Gasteiger partial charge in [-0.25, -0.2) is 4.79 Å². The number of carboxylic acid groups (broad SMARTS) is 1. The van der Waals surface area contributed by atoms with E-state index in [0.29, 0.717) is 0 Å². The van der Waals surface area contributed by atoms with E-state index >= 15 is 0 Å². The van der Waals surface area contributed by atoms with Crippen LogP contribution in [0.25, 0.3) is 0 Å². The van der Waals surface area contributed by atoms with Crippen molar-refractivity contribution in [2.24, 2.45) is 0 Å². The zero-order valence-corrected chi connectivity index (χ0v) is 11.5. The quantitative estimate of drug-likeness (QED) is 0.851. The Morgan fingerprint density at radius 2 is 2.10 bits per heavy atom. The third-order valence-electron chi connectivity index (χ3n) is 2.97. The van der Waals surface area contributed by atoms with E-state index in [2.05, 4.69) is 0 Å². The van der Waals surface area contributed by atoms with Gasteiger partial charge in [0.2, 0.25) is 5.91 Å². The minimum absolute atomic E-state index is 0.0184. The van der Waals surface area contributed by atoms with E-state index in [-0.39, 0.29) is 22.8 Å². The summed E-state index contributed by atoms with van der Waals surface area (Å²) < 4.78 is 34.6. The zero-order chi connectivity index (χ0) is 15.1. The predicted molar refractivity (Wildman–Crippen MR) is 69.2 cm³/mol. The van der Waals surface area contributed by atoms with Crippen LogP contribution >= 0.6 is 11.6 Å². The Kier molecular flexibility index (Phi) is 3.70. The first-order valence-corrected chi connectivity index (χ1v) is 7.29. The van der Waals surface area contributed by atoms with Crippen molar-refractivity contribution in [3.63, 3.8) is 0 Å². The average molecular weight is 322 g/mol. The molecule has 1 amide bonds. The first-order chi connectivity index (χ1) is 9.20. The van der Waals surface area contributed by atoms with E-state index in [0.717, 1.165) is 11.0 Å². The first-order valence-electron chi connectivity index (χ1n) is 5.47. The van der Waals surface area contributed by atoms with E-state index in [9.17, 15) is 21.9 Å². The maximum absolute atomic E-state index is 12.9. The Balaban J connectivity index is 2.33. The smallest absolute Gasteiger partial charge is 0.335 e. The number of aromatic carboxylic acids is 1. The van der Waals surface area contributed by atoms with Crippen molar-refractivity contribution in [3.8, 4) is 0 Å². The fraction of sp³-hybridized carbons (Fsp3) is 0.273. The second kappa shape index (κ2) is 5.02. The summed E-state index contributed by atoms with van der Waals surface area (Å²) in [7, 11) is -4.81. The monoisotopic (exact) mass is 321 g/mol. The molecular weight excluding hydrogens is 313 g/mol. The summed E-state index contributed by atoms with van der Waals surface area (Å²) in [6.45, 7) is -0.343. The first kappa shape index (κ1) is 14.7. The second-order valence-electron chi connectivity index (χ2n) is 4.28. The number of hydrogen-bond acceptors (Lipinski definition) is 4. The van der Waals surface area contributed by atoms with Gasteiger partial charge in [0.1, 0.15) is 5.25 Å². The summed E-state index contributed by atoms with van der Waals surface area (Å²) >= 11 is 5.88. The lowest BCUT2D eigenvalue weighted by Crippen LogP contribution is -2.27. The van der Waals surface area contributed by atoms with Gasteiger partial charge in [-0.05, 0) is 18.2 Å². The molecule has 0 aliphatic carbocycles. The van der Waals surface area contributed by atoms with Crippen LogP contribution in [0.15, 0.2) is 18.2 Å². The third kappa shape index (κ3) is 2.75. The molecule has 6 nitrogen and oxygen atoms in total. The van der Waals surface area contributed by atoms with Gasteiger partial charge in [0.15, 0.2) is 0 Å². The molecule has 2 rings (SSSR count). The number of benzene rings is 1. The van der Waals surface area contributed by atoms with Crippen LogP contribution in [0.1, 0.15) is 16.8 Å². The number of rotatable bonds is 3. The Morgan fingerprint density at radius 1 is 1.45 bits per heavy atom. The fourth-order valence-corrected chi connectivity index (χ4v) is 2.91. The van der Waals surface area contributed by atoms with Gasteiger partial charge in [-0.1, -0.05) is 11.6 Å². The van der Waals surface area contributed by atoms with Crippen molar-refractivity contribution in [2.75, 3.05) is 11.4 Å². The molecule has 1 aromatic rings. The number of carbonyl (C=O) groups is 2. The molecule has 1 atom stereocenters. The van der Waals surface area contributed by atoms with Crippen molar-refractivity contribution in [3.05, 3.63) is 28.8 Å². The molecule has 20 heavy (non-hydrogen) atoms. The lowest BCUT2D eigenvalue weighted by Gasteiger charge is -2.17. The number of halogens is 2. The molecule has 1 unspecified atom stereocenters. The van der Waals surface area contributed by atoms with Crippen LogP contribution in [0.2, 0.25) is 5.02 Å². The van der Waals surface area contributed by atoms with E-state index in [4.69, 9.17) is 16.7 Å². The van der Waals surface area contributed by atoms with Crippen LogP contribution in [0, 0.1) is 0 Å². The largest absolute Gasteiger partial charge is 0.478 e. The van der Waals surface area contributed by atoms with Crippen LogP contribution in [-0.2, 0) is 15.0 Å². The number of carbonyl (C=O) groups excluding carboxylic acids is 1. The van der Waals surface area contributed by atoms with Gasteiger partial charge in [-0.15, -0.1) is 3.89 Å². The molecule has 0 spiro atoms. The standard InChI is InChI=1S/C11H9ClFNO5S/c12-8-3-6(11(16)17)1-2-9(8)14-5-7(4-10(14)15)20(13,18)19/h1-3,7H,4-5H2,(H,16,17). The molecule has 0 saturated carbocycles. The summed E-state index contributed by atoms with van der Waals surface area (Å²) in [6.07, 6.45) is -0.462. The number of hydrogen-bond donors (Lipinski definition) is 1. The van der Waals surface area contributed by atoms with Gasteiger partial charge in [-0.3, -0.25) is 4.79 Å². The van der Waals surface area contributed by atoms with Gasteiger partial charge in [-0.2, -0.15) is 8.42 Å². The molecule has 0 radical (unpaired) electrons. The maximum Gasteiger partial charge on any atom is 0.335 e. The maximum atomic E-state index is 12.9.